The lowest BCUT2D eigenvalue weighted by molar-refractivity contribution is 0.457. The van der Waals surface area contributed by atoms with E-state index in [4.69, 9.17) is 11.6 Å². The zero-order chi connectivity index (χ0) is 16.6. The third kappa shape index (κ3) is 2.97. The number of nitrogens with zero attached hydrogens (tertiary/aromatic N) is 1. The Bertz CT molecular complexity index is 894. The van der Waals surface area contributed by atoms with Crippen LogP contribution in [0.25, 0.3) is 10.9 Å². The standard InChI is InChI=1S/C19H19ClN2O/c1-11(2)14-6-4-5-12(3)18(14)21-10-16-15-8-7-13(20)9-17(15)22-19(16)23/h4-11,22-23H,1-3H3. The maximum absolute atomic E-state index is 10.2. The Morgan fingerprint density at radius 1 is 1.22 bits per heavy atom. The van der Waals surface area contributed by atoms with Crippen LogP contribution in [0.3, 0.4) is 0 Å². The average Bonchev–Trinajstić information content (AvgIpc) is 2.80. The second-order valence-electron chi connectivity index (χ2n) is 6.00. The molecule has 3 aromatic rings. The summed E-state index contributed by atoms with van der Waals surface area (Å²) in [7, 11) is 0. The van der Waals surface area contributed by atoms with Crippen molar-refractivity contribution in [2.24, 2.45) is 4.99 Å². The van der Waals surface area contributed by atoms with Gasteiger partial charge in [0.2, 0.25) is 0 Å². The smallest absolute Gasteiger partial charge is 0.198 e. The molecule has 1 heterocycles. The molecule has 4 heteroatoms. The van der Waals surface area contributed by atoms with Crippen LogP contribution < -0.4 is 0 Å². The third-order valence-electron chi connectivity index (χ3n) is 3.99. The second kappa shape index (κ2) is 6.09. The van der Waals surface area contributed by atoms with E-state index >= 15 is 0 Å². The van der Waals surface area contributed by atoms with Crippen LogP contribution in [-0.4, -0.2) is 16.3 Å². The Labute approximate surface area is 140 Å². The van der Waals surface area contributed by atoms with Gasteiger partial charge < -0.3 is 10.1 Å². The highest BCUT2D eigenvalue weighted by Gasteiger charge is 2.11. The number of aliphatic imine (C=N–C) groups is 1. The van der Waals surface area contributed by atoms with Gasteiger partial charge >= 0.3 is 0 Å². The molecular formula is C19H19ClN2O. The van der Waals surface area contributed by atoms with Gasteiger partial charge in [0.25, 0.3) is 0 Å². The van der Waals surface area contributed by atoms with Crippen molar-refractivity contribution in [3.8, 4) is 5.88 Å². The molecule has 3 rings (SSSR count). The molecule has 118 valence electrons. The molecule has 0 spiro atoms. The molecule has 0 saturated heterocycles. The Balaban J connectivity index is 2.10. The maximum atomic E-state index is 10.2. The van der Waals surface area contributed by atoms with E-state index in [-0.39, 0.29) is 5.88 Å². The van der Waals surface area contributed by atoms with Gasteiger partial charge in [0.1, 0.15) is 0 Å². The molecule has 0 atom stereocenters. The molecule has 0 saturated carbocycles. The van der Waals surface area contributed by atoms with E-state index < -0.39 is 0 Å². The first-order chi connectivity index (χ1) is 11.0. The van der Waals surface area contributed by atoms with Crippen LogP contribution in [0, 0.1) is 6.92 Å². The van der Waals surface area contributed by atoms with Gasteiger partial charge in [-0.25, -0.2) is 0 Å². The monoisotopic (exact) mass is 326 g/mol. The molecule has 0 aliphatic rings. The molecule has 2 N–H and O–H groups in total. The van der Waals surface area contributed by atoms with E-state index in [0.717, 1.165) is 22.2 Å². The highest BCUT2D eigenvalue weighted by molar-refractivity contribution is 6.31. The van der Waals surface area contributed by atoms with Crippen molar-refractivity contribution < 1.29 is 5.11 Å². The molecule has 0 bridgehead atoms. The number of rotatable bonds is 3. The number of aromatic nitrogens is 1. The fourth-order valence-corrected chi connectivity index (χ4v) is 2.93. The van der Waals surface area contributed by atoms with Crippen LogP contribution in [0.5, 0.6) is 5.88 Å². The fraction of sp³-hybridized carbons (Fsp3) is 0.211. The number of aromatic amines is 1. The van der Waals surface area contributed by atoms with Crippen molar-refractivity contribution in [1.29, 1.82) is 0 Å². The minimum absolute atomic E-state index is 0.102. The van der Waals surface area contributed by atoms with Crippen LogP contribution in [0.2, 0.25) is 5.02 Å². The molecule has 0 amide bonds. The Hall–Kier alpha value is -2.26. The second-order valence-corrected chi connectivity index (χ2v) is 6.44. The SMILES string of the molecule is Cc1cccc(C(C)C)c1N=Cc1c(O)[nH]c2cc(Cl)ccc12. The third-order valence-corrected chi connectivity index (χ3v) is 4.23. The van der Waals surface area contributed by atoms with Gasteiger partial charge in [0.15, 0.2) is 5.88 Å². The summed E-state index contributed by atoms with van der Waals surface area (Å²) in [6.07, 6.45) is 1.72. The molecule has 3 nitrogen and oxygen atoms in total. The maximum Gasteiger partial charge on any atom is 0.198 e. The highest BCUT2D eigenvalue weighted by atomic mass is 35.5. The highest BCUT2D eigenvalue weighted by Crippen LogP contribution is 2.32. The number of aryl methyl sites for hydroxylation is 1. The minimum atomic E-state index is 0.102. The first-order valence-corrected chi connectivity index (χ1v) is 7.99. The number of halogens is 1. The number of nitrogens with one attached hydrogen (secondary N) is 1. The quantitative estimate of drug-likeness (QED) is 0.595. The summed E-state index contributed by atoms with van der Waals surface area (Å²) in [4.78, 5) is 7.60. The van der Waals surface area contributed by atoms with Gasteiger partial charge in [-0.2, -0.15) is 0 Å². The Morgan fingerprint density at radius 3 is 2.74 bits per heavy atom. The summed E-state index contributed by atoms with van der Waals surface area (Å²) in [5, 5.41) is 11.7. The van der Waals surface area contributed by atoms with Crippen LogP contribution in [-0.2, 0) is 0 Å². The number of H-pyrrole nitrogens is 1. The van der Waals surface area contributed by atoms with Crippen LogP contribution >= 0.6 is 11.6 Å². The Kier molecular flexibility index (Phi) is 4.14. The van der Waals surface area contributed by atoms with Crippen molar-refractivity contribution in [2.75, 3.05) is 0 Å². The van der Waals surface area contributed by atoms with Gasteiger partial charge in [-0.05, 0) is 36.1 Å². The lowest BCUT2D eigenvalue weighted by Crippen LogP contribution is -1.91. The summed E-state index contributed by atoms with van der Waals surface area (Å²) >= 11 is 5.99. The molecule has 2 aromatic carbocycles. The number of hydrogen-bond acceptors (Lipinski definition) is 2. The van der Waals surface area contributed by atoms with Crippen molar-refractivity contribution >= 4 is 34.4 Å². The molecule has 0 aliphatic carbocycles. The Morgan fingerprint density at radius 2 is 2.00 bits per heavy atom. The van der Waals surface area contributed by atoms with Crippen molar-refractivity contribution in [1.82, 2.24) is 4.98 Å². The molecule has 0 unspecified atom stereocenters. The van der Waals surface area contributed by atoms with Gasteiger partial charge in [0, 0.05) is 16.6 Å². The normalized spacial score (nSPS) is 11.9. The molecular weight excluding hydrogens is 308 g/mol. The zero-order valence-corrected chi connectivity index (χ0v) is 14.1. The summed E-state index contributed by atoms with van der Waals surface area (Å²) in [6.45, 7) is 6.35. The fourth-order valence-electron chi connectivity index (χ4n) is 2.76. The first-order valence-electron chi connectivity index (χ1n) is 7.61. The molecule has 0 fully saturated rings. The van der Waals surface area contributed by atoms with E-state index in [1.807, 2.05) is 25.1 Å². The van der Waals surface area contributed by atoms with Crippen molar-refractivity contribution in [3.05, 3.63) is 58.1 Å². The number of benzene rings is 2. The van der Waals surface area contributed by atoms with Gasteiger partial charge in [-0.15, -0.1) is 0 Å². The van der Waals surface area contributed by atoms with E-state index in [1.54, 1.807) is 12.3 Å². The van der Waals surface area contributed by atoms with E-state index in [2.05, 4.69) is 36.0 Å². The van der Waals surface area contributed by atoms with Crippen molar-refractivity contribution in [3.63, 3.8) is 0 Å². The summed E-state index contributed by atoms with van der Waals surface area (Å²) in [6, 6.07) is 11.7. The minimum Gasteiger partial charge on any atom is -0.494 e. The van der Waals surface area contributed by atoms with Crippen LogP contribution in [0.4, 0.5) is 5.69 Å². The van der Waals surface area contributed by atoms with Gasteiger partial charge in [-0.3, -0.25) is 4.99 Å². The number of fused-ring (bicyclic) bond motifs is 1. The molecule has 1 aromatic heterocycles. The zero-order valence-electron chi connectivity index (χ0n) is 13.4. The van der Waals surface area contributed by atoms with Gasteiger partial charge in [0.05, 0.1) is 16.8 Å². The summed E-state index contributed by atoms with van der Waals surface area (Å²) in [5.74, 6) is 0.489. The first kappa shape index (κ1) is 15.6. The van der Waals surface area contributed by atoms with Crippen LogP contribution in [0.1, 0.15) is 36.5 Å². The summed E-state index contributed by atoms with van der Waals surface area (Å²) in [5.41, 5.74) is 4.75. The largest absolute Gasteiger partial charge is 0.494 e. The van der Waals surface area contributed by atoms with E-state index in [9.17, 15) is 5.11 Å². The molecule has 0 radical (unpaired) electrons. The lowest BCUT2D eigenvalue weighted by Gasteiger charge is -2.11. The van der Waals surface area contributed by atoms with E-state index in [1.165, 1.54) is 5.56 Å². The summed E-state index contributed by atoms with van der Waals surface area (Å²) < 4.78 is 0. The predicted molar refractivity (Wildman–Crippen MR) is 97.5 cm³/mol. The number of aromatic hydroxyl groups is 1. The van der Waals surface area contributed by atoms with Crippen molar-refractivity contribution in [2.45, 2.75) is 26.7 Å². The number of hydrogen-bond donors (Lipinski definition) is 2. The van der Waals surface area contributed by atoms with Gasteiger partial charge in [-0.1, -0.05) is 49.7 Å². The predicted octanol–water partition coefficient (Wildman–Crippen LogP) is 5.71. The van der Waals surface area contributed by atoms with E-state index in [0.29, 0.717) is 16.5 Å². The average molecular weight is 327 g/mol. The molecule has 0 aliphatic heterocycles. The number of para-hydroxylation sites is 1. The van der Waals surface area contributed by atoms with Crippen LogP contribution in [0.15, 0.2) is 41.4 Å². The topological polar surface area (TPSA) is 48.4 Å². The molecule has 23 heavy (non-hydrogen) atoms. The lowest BCUT2D eigenvalue weighted by atomic mass is 9.98.